The van der Waals surface area contributed by atoms with Crippen LogP contribution in [0.1, 0.15) is 17.3 Å². The van der Waals surface area contributed by atoms with E-state index in [-0.39, 0.29) is 11.9 Å². The van der Waals surface area contributed by atoms with Crippen molar-refractivity contribution in [2.24, 2.45) is 5.73 Å². The predicted molar refractivity (Wildman–Crippen MR) is 85.2 cm³/mol. The third kappa shape index (κ3) is 3.29. The van der Waals surface area contributed by atoms with E-state index in [1.807, 2.05) is 24.0 Å². The Hall–Kier alpha value is -1.17. The Morgan fingerprint density at radius 1 is 1.30 bits per heavy atom. The molecule has 2 N–H and O–H groups in total. The monoisotopic (exact) mass is 311 g/mol. The molecule has 2 rings (SSSR count). The van der Waals surface area contributed by atoms with Crippen LogP contribution in [-0.2, 0) is 0 Å². The molecule has 1 unspecified atom stereocenters. The third-order valence-corrected chi connectivity index (χ3v) is 4.34. The van der Waals surface area contributed by atoms with Gasteiger partial charge in [-0.3, -0.25) is 9.69 Å². The minimum Gasteiger partial charge on any atom is -0.392 e. The Morgan fingerprint density at radius 2 is 1.90 bits per heavy atom. The summed E-state index contributed by atoms with van der Waals surface area (Å²) in [5.74, 6) is -0.0155. The molecule has 1 aromatic carbocycles. The molecule has 1 heterocycles. The summed E-state index contributed by atoms with van der Waals surface area (Å²) in [7, 11) is 0. The predicted octanol–water partition coefficient (Wildman–Crippen LogP) is 1.77. The summed E-state index contributed by atoms with van der Waals surface area (Å²) in [5.41, 5.74) is 6.22. The number of thiocarbonyl (C=S) groups is 1. The van der Waals surface area contributed by atoms with Gasteiger partial charge in [-0.2, -0.15) is 0 Å². The van der Waals surface area contributed by atoms with E-state index in [9.17, 15) is 4.79 Å². The van der Waals surface area contributed by atoms with Crippen molar-refractivity contribution in [3.8, 4) is 0 Å². The van der Waals surface area contributed by atoms with Crippen molar-refractivity contribution in [3.05, 3.63) is 34.9 Å². The molecular formula is C14H18ClN3OS. The molecule has 1 aromatic rings. The second-order valence-electron chi connectivity index (χ2n) is 4.89. The molecule has 1 saturated heterocycles. The maximum absolute atomic E-state index is 12.4. The van der Waals surface area contributed by atoms with E-state index in [0.717, 1.165) is 13.1 Å². The molecule has 1 amide bonds. The van der Waals surface area contributed by atoms with E-state index in [1.54, 1.807) is 12.1 Å². The maximum atomic E-state index is 12.4. The van der Waals surface area contributed by atoms with Crippen LogP contribution in [0.4, 0.5) is 0 Å². The van der Waals surface area contributed by atoms with Gasteiger partial charge in [0.05, 0.1) is 21.6 Å². The number of hydrogen-bond acceptors (Lipinski definition) is 3. The molecule has 4 nitrogen and oxygen atoms in total. The minimum atomic E-state index is -0.0155. The van der Waals surface area contributed by atoms with Gasteiger partial charge in [0.1, 0.15) is 0 Å². The van der Waals surface area contributed by atoms with E-state index in [2.05, 4.69) is 4.90 Å². The molecule has 0 aliphatic carbocycles. The smallest absolute Gasteiger partial charge is 0.255 e. The zero-order valence-corrected chi connectivity index (χ0v) is 13.0. The summed E-state index contributed by atoms with van der Waals surface area (Å²) in [6, 6.07) is 7.21. The Balaban J connectivity index is 1.99. The lowest BCUT2D eigenvalue weighted by atomic mass is 10.1. The largest absolute Gasteiger partial charge is 0.392 e. The average molecular weight is 312 g/mol. The van der Waals surface area contributed by atoms with E-state index < -0.39 is 0 Å². The number of carbonyl (C=O) groups is 1. The highest BCUT2D eigenvalue weighted by Gasteiger charge is 2.26. The molecular weight excluding hydrogens is 294 g/mol. The van der Waals surface area contributed by atoms with Gasteiger partial charge in [0, 0.05) is 26.2 Å². The van der Waals surface area contributed by atoms with Gasteiger partial charge in [0.15, 0.2) is 0 Å². The number of carbonyl (C=O) groups excluding carboxylic acids is 1. The van der Waals surface area contributed by atoms with Gasteiger partial charge in [0.25, 0.3) is 5.91 Å². The molecule has 6 heteroatoms. The number of benzene rings is 1. The second-order valence-corrected chi connectivity index (χ2v) is 5.76. The third-order valence-electron chi connectivity index (χ3n) is 3.67. The average Bonchev–Trinajstić information content (AvgIpc) is 2.46. The molecule has 0 bridgehead atoms. The highest BCUT2D eigenvalue weighted by molar-refractivity contribution is 7.80. The first-order valence-electron chi connectivity index (χ1n) is 6.58. The summed E-state index contributed by atoms with van der Waals surface area (Å²) >= 11 is 11.1. The topological polar surface area (TPSA) is 49.6 Å². The summed E-state index contributed by atoms with van der Waals surface area (Å²) in [6.45, 7) is 4.87. The van der Waals surface area contributed by atoms with Gasteiger partial charge in [-0.05, 0) is 19.1 Å². The van der Waals surface area contributed by atoms with Gasteiger partial charge in [-0.25, -0.2) is 0 Å². The quantitative estimate of drug-likeness (QED) is 0.865. The van der Waals surface area contributed by atoms with Crippen LogP contribution >= 0.6 is 23.8 Å². The molecule has 20 heavy (non-hydrogen) atoms. The molecule has 0 saturated carbocycles. The molecule has 0 radical (unpaired) electrons. The molecule has 0 spiro atoms. The second kappa shape index (κ2) is 6.52. The fourth-order valence-corrected chi connectivity index (χ4v) is 2.66. The Labute approximate surface area is 129 Å². The van der Waals surface area contributed by atoms with Crippen LogP contribution < -0.4 is 5.73 Å². The zero-order chi connectivity index (χ0) is 14.7. The van der Waals surface area contributed by atoms with Crippen molar-refractivity contribution >= 4 is 34.7 Å². The van der Waals surface area contributed by atoms with Gasteiger partial charge in [-0.1, -0.05) is 36.0 Å². The molecule has 1 atom stereocenters. The van der Waals surface area contributed by atoms with Gasteiger partial charge < -0.3 is 10.6 Å². The fourth-order valence-electron chi connectivity index (χ4n) is 2.30. The van der Waals surface area contributed by atoms with Crippen molar-refractivity contribution in [1.29, 1.82) is 0 Å². The van der Waals surface area contributed by atoms with Crippen LogP contribution in [-0.4, -0.2) is 52.9 Å². The number of piperazine rings is 1. The van der Waals surface area contributed by atoms with E-state index in [0.29, 0.717) is 28.7 Å². The maximum Gasteiger partial charge on any atom is 0.255 e. The first kappa shape index (κ1) is 15.2. The van der Waals surface area contributed by atoms with E-state index >= 15 is 0 Å². The molecule has 1 fully saturated rings. The van der Waals surface area contributed by atoms with Gasteiger partial charge in [-0.15, -0.1) is 0 Å². The number of rotatable bonds is 3. The SMILES string of the molecule is CC(C(N)=S)N1CCN(C(=O)c2ccccc2Cl)CC1. The lowest BCUT2D eigenvalue weighted by Crippen LogP contribution is -2.54. The highest BCUT2D eigenvalue weighted by Crippen LogP contribution is 2.18. The van der Waals surface area contributed by atoms with E-state index in [4.69, 9.17) is 29.6 Å². The van der Waals surface area contributed by atoms with Crippen LogP contribution in [0.15, 0.2) is 24.3 Å². The number of halogens is 1. The van der Waals surface area contributed by atoms with Crippen molar-refractivity contribution in [1.82, 2.24) is 9.80 Å². The Bertz CT molecular complexity index is 515. The lowest BCUT2D eigenvalue weighted by Gasteiger charge is -2.37. The summed E-state index contributed by atoms with van der Waals surface area (Å²) in [4.78, 5) is 16.9. The van der Waals surface area contributed by atoms with Crippen LogP contribution in [0.2, 0.25) is 5.02 Å². The Kier molecular flexibility index (Phi) is 4.96. The first-order chi connectivity index (χ1) is 9.50. The number of hydrogen-bond donors (Lipinski definition) is 1. The van der Waals surface area contributed by atoms with Crippen molar-refractivity contribution in [3.63, 3.8) is 0 Å². The standard InChI is InChI=1S/C14H18ClN3OS/c1-10(13(16)20)17-6-8-18(9-7-17)14(19)11-4-2-3-5-12(11)15/h2-5,10H,6-9H2,1H3,(H2,16,20). The van der Waals surface area contributed by atoms with Crippen LogP contribution in [0.5, 0.6) is 0 Å². The van der Waals surface area contributed by atoms with Gasteiger partial charge in [0.2, 0.25) is 0 Å². The molecule has 1 aliphatic heterocycles. The lowest BCUT2D eigenvalue weighted by molar-refractivity contribution is 0.0622. The van der Waals surface area contributed by atoms with Crippen LogP contribution in [0, 0.1) is 0 Å². The number of amides is 1. The minimum absolute atomic E-state index is 0.0155. The van der Waals surface area contributed by atoms with Crippen LogP contribution in [0.25, 0.3) is 0 Å². The summed E-state index contributed by atoms with van der Waals surface area (Å²) in [6.07, 6.45) is 0. The Morgan fingerprint density at radius 3 is 2.45 bits per heavy atom. The molecule has 0 aromatic heterocycles. The number of nitrogens with two attached hydrogens (primary N) is 1. The van der Waals surface area contributed by atoms with Crippen molar-refractivity contribution in [2.45, 2.75) is 13.0 Å². The van der Waals surface area contributed by atoms with Gasteiger partial charge >= 0.3 is 0 Å². The fraction of sp³-hybridized carbons (Fsp3) is 0.429. The van der Waals surface area contributed by atoms with E-state index in [1.165, 1.54) is 0 Å². The summed E-state index contributed by atoms with van der Waals surface area (Å²) in [5, 5.41) is 0.497. The highest BCUT2D eigenvalue weighted by atomic mass is 35.5. The molecule has 1 aliphatic rings. The normalized spacial score (nSPS) is 17.8. The molecule has 108 valence electrons. The van der Waals surface area contributed by atoms with Crippen molar-refractivity contribution in [2.75, 3.05) is 26.2 Å². The number of nitrogens with zero attached hydrogens (tertiary/aromatic N) is 2. The summed E-state index contributed by atoms with van der Waals surface area (Å²) < 4.78 is 0. The van der Waals surface area contributed by atoms with Crippen LogP contribution in [0.3, 0.4) is 0 Å². The first-order valence-corrected chi connectivity index (χ1v) is 7.36. The zero-order valence-electron chi connectivity index (χ0n) is 11.4. The van der Waals surface area contributed by atoms with Crippen molar-refractivity contribution < 1.29 is 4.79 Å².